The van der Waals surface area contributed by atoms with Crippen LogP contribution in [0.15, 0.2) is 28.7 Å². The molecule has 6 heteroatoms. The van der Waals surface area contributed by atoms with Crippen LogP contribution < -0.4 is 10.1 Å². The summed E-state index contributed by atoms with van der Waals surface area (Å²) in [6.45, 7) is 3.43. The highest BCUT2D eigenvalue weighted by atomic mass is 16.5. The molecular weight excluding hydrogens is 296 g/mol. The van der Waals surface area contributed by atoms with Crippen molar-refractivity contribution in [3.8, 4) is 5.75 Å². The molecule has 1 aromatic heterocycles. The quantitative estimate of drug-likeness (QED) is 0.939. The van der Waals surface area contributed by atoms with Crippen molar-refractivity contribution in [2.24, 2.45) is 0 Å². The number of hydrogen-bond acceptors (Lipinski definition) is 5. The Labute approximate surface area is 135 Å². The average molecular weight is 318 g/mol. The number of furan rings is 1. The van der Waals surface area contributed by atoms with Gasteiger partial charge in [0.05, 0.1) is 20.3 Å². The van der Waals surface area contributed by atoms with Crippen molar-refractivity contribution < 1.29 is 18.7 Å². The van der Waals surface area contributed by atoms with E-state index in [0.29, 0.717) is 13.1 Å². The monoisotopic (exact) mass is 318 g/mol. The number of hydrogen-bond donors (Lipinski definition) is 1. The predicted octanol–water partition coefficient (Wildman–Crippen LogP) is 2.93. The molecule has 1 saturated heterocycles. The molecule has 124 valence electrons. The molecule has 6 nitrogen and oxygen atoms in total. The van der Waals surface area contributed by atoms with Crippen molar-refractivity contribution in [1.82, 2.24) is 10.2 Å². The second-order valence-electron chi connectivity index (χ2n) is 5.82. The summed E-state index contributed by atoms with van der Waals surface area (Å²) in [5, 5.41) is 4.54. The Morgan fingerprint density at radius 2 is 2.26 bits per heavy atom. The van der Waals surface area contributed by atoms with Gasteiger partial charge >= 0.3 is 6.09 Å². The maximum atomic E-state index is 11.5. The smallest absolute Gasteiger partial charge is 0.409 e. The standard InChI is InChI=1S/C17H22N2O4/c1-11(18-13-7-8-19(10-13)17(20)22-3)15-9-12-5-4-6-14(21-2)16(12)23-15/h4-6,9,11,13,18H,7-8,10H2,1-3H3. The molecule has 3 rings (SSSR count). The van der Waals surface area contributed by atoms with Crippen molar-refractivity contribution in [3.05, 3.63) is 30.0 Å². The Bertz CT molecular complexity index is 697. The van der Waals surface area contributed by atoms with E-state index in [-0.39, 0.29) is 18.2 Å². The Hall–Kier alpha value is -2.21. The molecule has 1 aliphatic rings. The summed E-state index contributed by atoms with van der Waals surface area (Å²) < 4.78 is 16.1. The summed E-state index contributed by atoms with van der Waals surface area (Å²) in [6, 6.07) is 8.16. The lowest BCUT2D eigenvalue weighted by molar-refractivity contribution is 0.132. The molecule has 2 heterocycles. The number of ether oxygens (including phenoxy) is 2. The van der Waals surface area contributed by atoms with E-state index in [1.54, 1.807) is 12.0 Å². The van der Waals surface area contributed by atoms with Gasteiger partial charge in [-0.15, -0.1) is 0 Å². The van der Waals surface area contributed by atoms with E-state index in [4.69, 9.17) is 13.9 Å². The molecule has 1 aliphatic heterocycles. The average Bonchev–Trinajstić information content (AvgIpc) is 3.20. The number of methoxy groups -OCH3 is 2. The number of fused-ring (bicyclic) bond motifs is 1. The van der Waals surface area contributed by atoms with Crippen molar-refractivity contribution in [1.29, 1.82) is 0 Å². The van der Waals surface area contributed by atoms with E-state index in [2.05, 4.69) is 12.2 Å². The Kier molecular flexibility index (Phi) is 4.43. The van der Waals surface area contributed by atoms with Gasteiger partial charge in [0.15, 0.2) is 11.3 Å². The molecule has 2 unspecified atom stereocenters. The van der Waals surface area contributed by atoms with E-state index in [1.165, 1.54) is 7.11 Å². The normalized spacial score (nSPS) is 19.1. The SMILES string of the molecule is COC(=O)N1CCC(NC(C)c2cc3cccc(OC)c3o2)C1. The van der Waals surface area contributed by atoms with E-state index in [1.807, 2.05) is 24.3 Å². The van der Waals surface area contributed by atoms with Gasteiger partial charge in [0.2, 0.25) is 0 Å². The zero-order valence-electron chi connectivity index (χ0n) is 13.7. The molecule has 0 saturated carbocycles. The van der Waals surface area contributed by atoms with Gasteiger partial charge in [-0.05, 0) is 25.5 Å². The summed E-state index contributed by atoms with van der Waals surface area (Å²) >= 11 is 0. The van der Waals surface area contributed by atoms with Crippen LogP contribution >= 0.6 is 0 Å². The molecule has 1 amide bonds. The molecule has 1 N–H and O–H groups in total. The van der Waals surface area contributed by atoms with Crippen LogP contribution in [0, 0.1) is 0 Å². The maximum Gasteiger partial charge on any atom is 0.409 e. The van der Waals surface area contributed by atoms with Gasteiger partial charge in [-0.3, -0.25) is 0 Å². The van der Waals surface area contributed by atoms with Gasteiger partial charge in [0.25, 0.3) is 0 Å². The molecule has 1 aromatic carbocycles. The highest BCUT2D eigenvalue weighted by molar-refractivity contribution is 5.83. The number of carbonyl (C=O) groups is 1. The Morgan fingerprint density at radius 1 is 1.43 bits per heavy atom. The lowest BCUT2D eigenvalue weighted by Gasteiger charge is -2.18. The first-order valence-electron chi connectivity index (χ1n) is 7.77. The van der Waals surface area contributed by atoms with Gasteiger partial charge in [-0.25, -0.2) is 4.79 Å². The van der Waals surface area contributed by atoms with E-state index in [9.17, 15) is 4.79 Å². The first-order chi connectivity index (χ1) is 11.1. The van der Waals surface area contributed by atoms with Crippen LogP contribution in [0.2, 0.25) is 0 Å². The first-order valence-corrected chi connectivity index (χ1v) is 7.77. The van der Waals surface area contributed by atoms with Gasteiger partial charge in [-0.2, -0.15) is 0 Å². The number of para-hydroxylation sites is 1. The molecule has 0 bridgehead atoms. The molecule has 0 aliphatic carbocycles. The topological polar surface area (TPSA) is 63.9 Å². The van der Waals surface area contributed by atoms with E-state index >= 15 is 0 Å². The number of carbonyl (C=O) groups excluding carboxylic acids is 1. The van der Waals surface area contributed by atoms with Crippen molar-refractivity contribution in [2.75, 3.05) is 27.3 Å². The van der Waals surface area contributed by atoms with Crippen LogP contribution in [-0.2, 0) is 4.74 Å². The second kappa shape index (κ2) is 6.50. The molecule has 0 radical (unpaired) electrons. The largest absolute Gasteiger partial charge is 0.493 e. The lowest BCUT2D eigenvalue weighted by atomic mass is 10.1. The number of likely N-dealkylation sites (tertiary alicyclic amines) is 1. The van der Waals surface area contributed by atoms with Crippen LogP contribution in [0.5, 0.6) is 5.75 Å². The maximum absolute atomic E-state index is 11.5. The summed E-state index contributed by atoms with van der Waals surface area (Å²) in [6.07, 6.45) is 0.638. The minimum atomic E-state index is -0.268. The highest BCUT2D eigenvalue weighted by Crippen LogP contribution is 2.31. The molecule has 23 heavy (non-hydrogen) atoms. The highest BCUT2D eigenvalue weighted by Gasteiger charge is 2.28. The summed E-state index contributed by atoms with van der Waals surface area (Å²) in [5.41, 5.74) is 0.765. The minimum absolute atomic E-state index is 0.0507. The number of nitrogens with zero attached hydrogens (tertiary/aromatic N) is 1. The summed E-state index contributed by atoms with van der Waals surface area (Å²) in [4.78, 5) is 13.3. The number of rotatable bonds is 4. The van der Waals surface area contributed by atoms with Gasteiger partial charge in [0, 0.05) is 24.5 Å². The van der Waals surface area contributed by atoms with Crippen molar-refractivity contribution in [3.63, 3.8) is 0 Å². The van der Waals surface area contributed by atoms with Gasteiger partial charge in [0.1, 0.15) is 5.76 Å². The number of amides is 1. The molecule has 1 fully saturated rings. The first kappa shape index (κ1) is 15.7. The third kappa shape index (κ3) is 3.12. The zero-order chi connectivity index (χ0) is 16.4. The predicted molar refractivity (Wildman–Crippen MR) is 86.7 cm³/mol. The van der Waals surface area contributed by atoms with E-state index in [0.717, 1.165) is 28.9 Å². The number of nitrogens with one attached hydrogen (secondary N) is 1. The fraction of sp³-hybridized carbons (Fsp3) is 0.471. The molecule has 0 spiro atoms. The van der Waals surface area contributed by atoms with Gasteiger partial charge < -0.3 is 24.1 Å². The third-order valence-electron chi connectivity index (χ3n) is 4.28. The van der Waals surface area contributed by atoms with Crippen LogP contribution in [0.25, 0.3) is 11.0 Å². The molecule has 2 aromatic rings. The van der Waals surface area contributed by atoms with Crippen LogP contribution in [0.3, 0.4) is 0 Å². The number of benzene rings is 1. The van der Waals surface area contributed by atoms with Crippen molar-refractivity contribution in [2.45, 2.75) is 25.4 Å². The van der Waals surface area contributed by atoms with Crippen molar-refractivity contribution >= 4 is 17.1 Å². The van der Waals surface area contributed by atoms with E-state index < -0.39 is 0 Å². The van der Waals surface area contributed by atoms with Crippen LogP contribution in [-0.4, -0.2) is 44.3 Å². The Balaban J connectivity index is 1.69. The van der Waals surface area contributed by atoms with Crippen LogP contribution in [0.4, 0.5) is 4.79 Å². The Morgan fingerprint density at radius 3 is 3.00 bits per heavy atom. The lowest BCUT2D eigenvalue weighted by Crippen LogP contribution is -2.36. The fourth-order valence-corrected chi connectivity index (χ4v) is 3.06. The molecular formula is C17H22N2O4. The van der Waals surface area contributed by atoms with Crippen LogP contribution in [0.1, 0.15) is 25.1 Å². The second-order valence-corrected chi connectivity index (χ2v) is 5.82. The minimum Gasteiger partial charge on any atom is -0.493 e. The fourth-order valence-electron chi connectivity index (χ4n) is 3.06. The summed E-state index contributed by atoms with van der Waals surface area (Å²) in [5.74, 6) is 1.60. The van der Waals surface area contributed by atoms with Gasteiger partial charge in [-0.1, -0.05) is 12.1 Å². The summed E-state index contributed by atoms with van der Waals surface area (Å²) in [7, 11) is 3.05. The molecule has 2 atom stereocenters. The third-order valence-corrected chi connectivity index (χ3v) is 4.28. The zero-order valence-corrected chi connectivity index (χ0v) is 13.7.